The molecule has 1 aromatic carbocycles. The second kappa shape index (κ2) is 6.27. The Morgan fingerprint density at radius 1 is 1.25 bits per heavy atom. The van der Waals surface area contributed by atoms with Crippen LogP contribution >= 0.6 is 0 Å². The fourth-order valence-electron chi connectivity index (χ4n) is 3.19. The summed E-state index contributed by atoms with van der Waals surface area (Å²) in [6.45, 7) is 3.20. The van der Waals surface area contributed by atoms with Gasteiger partial charge in [-0.05, 0) is 49.9 Å². The molecule has 3 rings (SSSR count). The molecular formula is C16H23N3O. The number of anilines is 1. The van der Waals surface area contributed by atoms with Crippen LogP contribution in [0.25, 0.3) is 0 Å². The zero-order valence-electron chi connectivity index (χ0n) is 11.9. The fourth-order valence-corrected chi connectivity index (χ4v) is 3.19. The first-order valence-electron chi connectivity index (χ1n) is 7.65. The number of hydrogen-bond acceptors (Lipinski definition) is 4. The Morgan fingerprint density at radius 2 is 2.10 bits per heavy atom. The molecule has 108 valence electrons. The van der Waals surface area contributed by atoms with Gasteiger partial charge in [0.05, 0.1) is 6.54 Å². The lowest BCUT2D eigenvalue weighted by atomic mass is 9.98. The van der Waals surface area contributed by atoms with E-state index in [4.69, 9.17) is 0 Å². The molecule has 0 aromatic heterocycles. The van der Waals surface area contributed by atoms with E-state index in [0.29, 0.717) is 6.04 Å². The molecule has 4 nitrogen and oxygen atoms in total. The van der Waals surface area contributed by atoms with Gasteiger partial charge < -0.3 is 15.3 Å². The Labute approximate surface area is 120 Å². The summed E-state index contributed by atoms with van der Waals surface area (Å²) in [6.07, 6.45) is 4.59. The first-order valence-corrected chi connectivity index (χ1v) is 7.65. The highest BCUT2D eigenvalue weighted by Crippen LogP contribution is 2.26. The molecule has 4 heteroatoms. The van der Waals surface area contributed by atoms with Gasteiger partial charge in [0, 0.05) is 37.0 Å². The average molecular weight is 273 g/mol. The van der Waals surface area contributed by atoms with Gasteiger partial charge in [0.25, 0.3) is 0 Å². The van der Waals surface area contributed by atoms with Crippen LogP contribution in [0.1, 0.15) is 31.2 Å². The Morgan fingerprint density at radius 3 is 2.80 bits per heavy atom. The van der Waals surface area contributed by atoms with Crippen LogP contribution in [0.4, 0.5) is 5.69 Å². The number of benzene rings is 1. The van der Waals surface area contributed by atoms with E-state index in [1.54, 1.807) is 0 Å². The first kappa shape index (κ1) is 13.4. The van der Waals surface area contributed by atoms with Crippen LogP contribution in [-0.2, 0) is 0 Å². The number of aliphatic hydroxyl groups is 1. The predicted molar refractivity (Wildman–Crippen MR) is 82.5 cm³/mol. The molecule has 2 aliphatic heterocycles. The molecule has 1 unspecified atom stereocenters. The van der Waals surface area contributed by atoms with Crippen molar-refractivity contribution in [2.45, 2.75) is 31.7 Å². The molecule has 0 saturated carbocycles. The van der Waals surface area contributed by atoms with Crippen molar-refractivity contribution >= 4 is 11.5 Å². The van der Waals surface area contributed by atoms with Crippen molar-refractivity contribution < 1.29 is 5.11 Å². The van der Waals surface area contributed by atoms with Crippen molar-refractivity contribution in [3.63, 3.8) is 0 Å². The molecule has 0 amide bonds. The van der Waals surface area contributed by atoms with Crippen molar-refractivity contribution in [2.24, 2.45) is 4.99 Å². The highest BCUT2D eigenvalue weighted by molar-refractivity contribution is 5.99. The summed E-state index contributed by atoms with van der Waals surface area (Å²) in [6, 6.07) is 9.16. The smallest absolute Gasteiger partial charge is 0.128 e. The monoisotopic (exact) mass is 273 g/mol. The summed E-state index contributed by atoms with van der Waals surface area (Å²) in [5.74, 6) is 1.02. The molecule has 20 heavy (non-hydrogen) atoms. The summed E-state index contributed by atoms with van der Waals surface area (Å²) in [5, 5.41) is 12.5. The van der Waals surface area contributed by atoms with Crippen molar-refractivity contribution in [1.29, 1.82) is 0 Å². The molecule has 0 spiro atoms. The minimum Gasteiger partial charge on any atom is -0.396 e. The van der Waals surface area contributed by atoms with Crippen molar-refractivity contribution in [2.75, 3.05) is 31.1 Å². The van der Waals surface area contributed by atoms with E-state index in [9.17, 15) is 5.11 Å². The summed E-state index contributed by atoms with van der Waals surface area (Å²) in [5.41, 5.74) is 2.44. The van der Waals surface area contributed by atoms with Crippen molar-refractivity contribution in [3.05, 3.63) is 29.8 Å². The lowest BCUT2D eigenvalue weighted by Gasteiger charge is -2.37. The maximum atomic E-state index is 9.22. The maximum absolute atomic E-state index is 9.22. The first-order chi connectivity index (χ1) is 9.88. The Balaban J connectivity index is 1.75. The van der Waals surface area contributed by atoms with E-state index in [1.807, 2.05) is 0 Å². The number of hydrogen-bond donors (Lipinski definition) is 2. The molecule has 2 N–H and O–H groups in total. The average Bonchev–Trinajstić information content (AvgIpc) is 3.03. The normalized spacial score (nSPS) is 22.6. The van der Waals surface area contributed by atoms with E-state index in [1.165, 1.54) is 30.5 Å². The van der Waals surface area contributed by atoms with Crippen LogP contribution in [0.3, 0.4) is 0 Å². The van der Waals surface area contributed by atoms with Gasteiger partial charge in [-0.25, -0.2) is 0 Å². The lowest BCUT2D eigenvalue weighted by Crippen LogP contribution is -2.40. The number of rotatable bonds is 4. The quantitative estimate of drug-likeness (QED) is 0.879. The largest absolute Gasteiger partial charge is 0.396 e. The predicted octanol–water partition coefficient (Wildman–Crippen LogP) is 1.78. The summed E-state index contributed by atoms with van der Waals surface area (Å²) in [4.78, 5) is 6.90. The summed E-state index contributed by atoms with van der Waals surface area (Å²) >= 11 is 0. The third-order valence-electron chi connectivity index (χ3n) is 4.24. The van der Waals surface area contributed by atoms with Crippen LogP contribution in [0.15, 0.2) is 29.3 Å². The van der Waals surface area contributed by atoms with E-state index in [2.05, 4.69) is 39.5 Å². The van der Waals surface area contributed by atoms with Crippen LogP contribution in [-0.4, -0.2) is 43.2 Å². The number of amidine groups is 1. The minimum atomic E-state index is 0.278. The second-order valence-electron chi connectivity index (χ2n) is 5.56. The van der Waals surface area contributed by atoms with E-state index >= 15 is 0 Å². The molecule has 2 aliphatic rings. The third kappa shape index (κ3) is 2.80. The van der Waals surface area contributed by atoms with Crippen LogP contribution in [0, 0.1) is 0 Å². The Kier molecular flexibility index (Phi) is 4.21. The van der Waals surface area contributed by atoms with Gasteiger partial charge in [-0.1, -0.05) is 0 Å². The molecule has 1 atom stereocenters. The van der Waals surface area contributed by atoms with Gasteiger partial charge in [0.15, 0.2) is 0 Å². The van der Waals surface area contributed by atoms with Crippen LogP contribution in [0.5, 0.6) is 0 Å². The van der Waals surface area contributed by atoms with Crippen LogP contribution in [0.2, 0.25) is 0 Å². The van der Waals surface area contributed by atoms with Gasteiger partial charge in [0.2, 0.25) is 0 Å². The number of piperidine rings is 1. The second-order valence-corrected chi connectivity index (χ2v) is 5.56. The van der Waals surface area contributed by atoms with Crippen molar-refractivity contribution in [1.82, 2.24) is 5.32 Å². The molecule has 0 radical (unpaired) electrons. The summed E-state index contributed by atoms with van der Waals surface area (Å²) in [7, 11) is 0. The number of nitrogens with one attached hydrogen (secondary N) is 1. The number of nitrogens with zero attached hydrogens (tertiary/aromatic N) is 2. The zero-order valence-corrected chi connectivity index (χ0v) is 11.9. The third-order valence-corrected chi connectivity index (χ3v) is 4.24. The Hall–Kier alpha value is -1.55. The fraction of sp³-hybridized carbons (Fsp3) is 0.562. The topological polar surface area (TPSA) is 47.9 Å². The lowest BCUT2D eigenvalue weighted by molar-refractivity contribution is 0.262. The number of aliphatic imine (C=N–C) groups is 1. The molecule has 1 aromatic rings. The van der Waals surface area contributed by atoms with Gasteiger partial charge >= 0.3 is 0 Å². The molecule has 1 fully saturated rings. The SMILES string of the molecule is OCCC1CCCCN1c1ccc(C2=NCCN2)cc1. The number of aliphatic hydroxyl groups excluding tert-OH is 1. The minimum absolute atomic E-state index is 0.278. The summed E-state index contributed by atoms with van der Waals surface area (Å²) < 4.78 is 0. The van der Waals surface area contributed by atoms with Crippen LogP contribution < -0.4 is 10.2 Å². The molecule has 1 saturated heterocycles. The Bertz CT molecular complexity index is 467. The maximum Gasteiger partial charge on any atom is 0.128 e. The highest BCUT2D eigenvalue weighted by Gasteiger charge is 2.22. The standard InChI is InChI=1S/C16H23N3O/c20-12-8-14-3-1-2-11-19(14)15-6-4-13(5-7-15)16-17-9-10-18-16/h4-7,14,20H,1-3,8-12H2,(H,17,18). The molecule has 0 aliphatic carbocycles. The van der Waals surface area contributed by atoms with E-state index in [0.717, 1.165) is 31.9 Å². The van der Waals surface area contributed by atoms with Crippen molar-refractivity contribution in [3.8, 4) is 0 Å². The molecular weight excluding hydrogens is 250 g/mol. The van der Waals surface area contributed by atoms with Gasteiger partial charge in [-0.3, -0.25) is 4.99 Å². The highest BCUT2D eigenvalue weighted by atomic mass is 16.3. The van der Waals surface area contributed by atoms with E-state index in [-0.39, 0.29) is 6.61 Å². The molecule has 0 bridgehead atoms. The van der Waals surface area contributed by atoms with E-state index < -0.39 is 0 Å². The zero-order chi connectivity index (χ0) is 13.8. The van der Waals surface area contributed by atoms with Gasteiger partial charge in [0.1, 0.15) is 5.84 Å². The molecule has 2 heterocycles. The van der Waals surface area contributed by atoms with Gasteiger partial charge in [-0.15, -0.1) is 0 Å². The van der Waals surface area contributed by atoms with Gasteiger partial charge in [-0.2, -0.15) is 0 Å².